The third kappa shape index (κ3) is 5.90. The molecule has 2 amide bonds. The number of halogens is 3. The fraction of sp³-hybridized carbons (Fsp3) is 0.167. The highest BCUT2D eigenvalue weighted by atomic mass is 35.5. The van der Waals surface area contributed by atoms with E-state index in [0.717, 1.165) is 11.3 Å². The van der Waals surface area contributed by atoms with Crippen LogP contribution in [0.15, 0.2) is 66.7 Å². The Hall–Kier alpha value is -2.93. The van der Waals surface area contributed by atoms with Gasteiger partial charge in [-0.1, -0.05) is 46.9 Å². The summed E-state index contributed by atoms with van der Waals surface area (Å²) in [6, 6.07) is 19.3. The Labute approximate surface area is 206 Å². The van der Waals surface area contributed by atoms with Crippen molar-refractivity contribution in [1.82, 2.24) is 5.43 Å². The zero-order valence-electron chi connectivity index (χ0n) is 17.4. The number of carbonyl (C=O) groups excluding carboxylic acids is 2. The molecule has 1 aliphatic rings. The molecule has 1 fully saturated rings. The summed E-state index contributed by atoms with van der Waals surface area (Å²) in [5.74, 6) is -0.231. The van der Waals surface area contributed by atoms with E-state index in [1.165, 1.54) is 0 Å². The predicted molar refractivity (Wildman–Crippen MR) is 131 cm³/mol. The predicted octanol–water partition coefficient (Wildman–Crippen LogP) is 5.72. The van der Waals surface area contributed by atoms with Crippen molar-refractivity contribution in [3.63, 3.8) is 0 Å². The topological polar surface area (TPSA) is 70.7 Å². The Kier molecular flexibility index (Phi) is 7.28. The average Bonchev–Trinajstić information content (AvgIpc) is 3.19. The van der Waals surface area contributed by atoms with Gasteiger partial charge in [-0.05, 0) is 48.5 Å². The molecule has 1 aliphatic heterocycles. The van der Waals surface area contributed by atoms with Crippen molar-refractivity contribution in [3.05, 3.63) is 87.4 Å². The van der Waals surface area contributed by atoms with Crippen molar-refractivity contribution in [3.8, 4) is 5.75 Å². The largest absolute Gasteiger partial charge is 0.489 e. The first-order chi connectivity index (χ1) is 15.9. The molecule has 9 heteroatoms. The van der Waals surface area contributed by atoms with E-state index in [2.05, 4.69) is 10.9 Å². The Balaban J connectivity index is 1.31. The van der Waals surface area contributed by atoms with Crippen molar-refractivity contribution in [2.75, 3.05) is 16.9 Å². The van der Waals surface area contributed by atoms with Gasteiger partial charge in [0.05, 0.1) is 11.6 Å². The maximum atomic E-state index is 12.6. The van der Waals surface area contributed by atoms with E-state index in [9.17, 15) is 9.59 Å². The highest BCUT2D eigenvalue weighted by Gasteiger charge is 2.35. The minimum absolute atomic E-state index is 0.103. The minimum atomic E-state index is -0.466. The number of amides is 2. The highest BCUT2D eigenvalue weighted by Crippen LogP contribution is 2.27. The molecule has 4 rings (SSSR count). The average molecular weight is 505 g/mol. The van der Waals surface area contributed by atoms with Gasteiger partial charge in [0.15, 0.2) is 0 Å². The number of hydrogen-bond acceptors (Lipinski definition) is 4. The number of ether oxygens (including phenoxy) is 1. The molecule has 1 atom stereocenters. The minimum Gasteiger partial charge on any atom is -0.489 e. The Bertz CT molecular complexity index is 1170. The molecule has 0 unspecified atom stereocenters. The first-order valence-corrected chi connectivity index (χ1v) is 11.3. The van der Waals surface area contributed by atoms with E-state index >= 15 is 0 Å². The third-order valence-electron chi connectivity index (χ3n) is 5.21. The number of anilines is 2. The summed E-state index contributed by atoms with van der Waals surface area (Å²) in [4.78, 5) is 26.6. The monoisotopic (exact) mass is 503 g/mol. The van der Waals surface area contributed by atoms with Gasteiger partial charge in [0.1, 0.15) is 12.4 Å². The van der Waals surface area contributed by atoms with E-state index in [1.807, 2.05) is 6.07 Å². The number of nitrogens with zero attached hydrogens (tertiary/aromatic N) is 1. The van der Waals surface area contributed by atoms with Crippen LogP contribution in [0.2, 0.25) is 15.1 Å². The summed E-state index contributed by atoms with van der Waals surface area (Å²) >= 11 is 18.0. The van der Waals surface area contributed by atoms with Gasteiger partial charge in [0.2, 0.25) is 11.8 Å². The molecule has 1 heterocycles. The molecular weight excluding hydrogens is 485 g/mol. The maximum Gasteiger partial charge on any atom is 0.243 e. The Morgan fingerprint density at radius 3 is 2.52 bits per heavy atom. The summed E-state index contributed by atoms with van der Waals surface area (Å²) in [5.41, 5.74) is 7.73. The normalized spacial score (nSPS) is 15.4. The van der Waals surface area contributed by atoms with E-state index in [4.69, 9.17) is 39.5 Å². The number of rotatable bonds is 7. The van der Waals surface area contributed by atoms with Crippen LogP contribution in [-0.4, -0.2) is 18.4 Å². The number of carbonyl (C=O) groups is 2. The van der Waals surface area contributed by atoms with E-state index in [0.29, 0.717) is 33.0 Å². The van der Waals surface area contributed by atoms with Gasteiger partial charge in [0.25, 0.3) is 0 Å². The van der Waals surface area contributed by atoms with Crippen LogP contribution < -0.4 is 20.5 Å². The summed E-state index contributed by atoms with van der Waals surface area (Å²) < 4.78 is 5.80. The first kappa shape index (κ1) is 23.2. The molecule has 0 saturated carbocycles. The second kappa shape index (κ2) is 10.3. The quantitative estimate of drug-likeness (QED) is 0.404. The lowest BCUT2D eigenvalue weighted by atomic mass is 10.1. The summed E-state index contributed by atoms with van der Waals surface area (Å²) in [6.45, 7) is 0.579. The molecule has 3 aromatic rings. The van der Waals surface area contributed by atoms with Gasteiger partial charge < -0.3 is 9.64 Å². The molecule has 0 aromatic heterocycles. The fourth-order valence-electron chi connectivity index (χ4n) is 3.45. The second-order valence-electron chi connectivity index (χ2n) is 7.55. The van der Waals surface area contributed by atoms with Crippen molar-refractivity contribution in [2.45, 2.75) is 13.0 Å². The molecule has 1 saturated heterocycles. The SMILES string of the molecule is O=C(NNc1cccc(OCc2ccc(Cl)cc2Cl)c1)[C@H]1CC(=O)N(c2ccc(Cl)cc2)C1. The van der Waals surface area contributed by atoms with Crippen LogP contribution in [0, 0.1) is 5.92 Å². The van der Waals surface area contributed by atoms with Crippen LogP contribution in [0.1, 0.15) is 12.0 Å². The van der Waals surface area contributed by atoms with Crippen LogP contribution in [0.4, 0.5) is 11.4 Å². The van der Waals surface area contributed by atoms with Crippen LogP contribution in [0.3, 0.4) is 0 Å². The molecule has 0 radical (unpaired) electrons. The van der Waals surface area contributed by atoms with Gasteiger partial charge in [-0.2, -0.15) is 0 Å². The van der Waals surface area contributed by atoms with E-state index < -0.39 is 5.92 Å². The van der Waals surface area contributed by atoms with Gasteiger partial charge in [0, 0.05) is 45.4 Å². The lowest BCUT2D eigenvalue weighted by molar-refractivity contribution is -0.125. The summed E-state index contributed by atoms with van der Waals surface area (Å²) in [5, 5.41) is 1.68. The standard InChI is InChI=1S/C24H20Cl3N3O3/c25-17-6-8-20(9-7-17)30-13-16(10-23(30)31)24(32)29-28-19-2-1-3-21(12-19)33-14-15-4-5-18(26)11-22(15)27/h1-9,11-12,16,28H,10,13-14H2,(H,29,32)/t16-/m0/s1. The summed E-state index contributed by atoms with van der Waals surface area (Å²) in [6.07, 6.45) is 0.140. The first-order valence-electron chi connectivity index (χ1n) is 10.2. The van der Waals surface area contributed by atoms with Crippen molar-refractivity contribution in [2.24, 2.45) is 5.92 Å². The van der Waals surface area contributed by atoms with Gasteiger partial charge in [-0.15, -0.1) is 0 Å². The van der Waals surface area contributed by atoms with Crippen LogP contribution >= 0.6 is 34.8 Å². The molecule has 0 aliphatic carbocycles. The van der Waals surface area contributed by atoms with E-state index in [1.54, 1.807) is 65.6 Å². The molecule has 170 valence electrons. The number of benzene rings is 3. The molecule has 33 heavy (non-hydrogen) atoms. The lowest BCUT2D eigenvalue weighted by Crippen LogP contribution is -2.36. The zero-order valence-corrected chi connectivity index (χ0v) is 19.6. The smallest absolute Gasteiger partial charge is 0.243 e. The molecule has 2 N–H and O–H groups in total. The Morgan fingerprint density at radius 1 is 1.00 bits per heavy atom. The van der Waals surface area contributed by atoms with Crippen molar-refractivity contribution < 1.29 is 14.3 Å². The molecule has 3 aromatic carbocycles. The lowest BCUT2D eigenvalue weighted by Gasteiger charge is -2.17. The maximum absolute atomic E-state index is 12.6. The number of hydrazine groups is 1. The van der Waals surface area contributed by atoms with Crippen LogP contribution in [0.5, 0.6) is 5.75 Å². The molecule has 6 nitrogen and oxygen atoms in total. The van der Waals surface area contributed by atoms with Gasteiger partial charge in [-0.25, -0.2) is 0 Å². The van der Waals surface area contributed by atoms with Crippen LogP contribution in [-0.2, 0) is 16.2 Å². The van der Waals surface area contributed by atoms with Gasteiger partial charge in [-0.3, -0.25) is 20.4 Å². The second-order valence-corrected chi connectivity index (χ2v) is 8.83. The number of hydrogen-bond donors (Lipinski definition) is 2. The van der Waals surface area contributed by atoms with Gasteiger partial charge >= 0.3 is 0 Å². The molecule has 0 bridgehead atoms. The summed E-state index contributed by atoms with van der Waals surface area (Å²) in [7, 11) is 0. The molecular formula is C24H20Cl3N3O3. The highest BCUT2D eigenvalue weighted by molar-refractivity contribution is 6.35. The zero-order chi connectivity index (χ0) is 23.4. The number of nitrogens with one attached hydrogen (secondary N) is 2. The Morgan fingerprint density at radius 2 is 1.76 bits per heavy atom. The molecule has 0 spiro atoms. The van der Waals surface area contributed by atoms with E-state index in [-0.39, 0.29) is 24.8 Å². The fourth-order valence-corrected chi connectivity index (χ4v) is 4.04. The van der Waals surface area contributed by atoms with Crippen molar-refractivity contribution >= 4 is 58.0 Å². The van der Waals surface area contributed by atoms with Crippen molar-refractivity contribution in [1.29, 1.82) is 0 Å². The van der Waals surface area contributed by atoms with Crippen LogP contribution in [0.25, 0.3) is 0 Å². The third-order valence-corrected chi connectivity index (χ3v) is 6.05.